The Hall–Kier alpha value is -4.18. The van der Waals surface area contributed by atoms with Crippen molar-refractivity contribution < 1.29 is 24.1 Å². The summed E-state index contributed by atoms with van der Waals surface area (Å²) in [4.78, 5) is 18.7. The number of nitrogens with zero attached hydrogens (tertiary/aromatic N) is 5. The van der Waals surface area contributed by atoms with Crippen LogP contribution in [0.15, 0.2) is 60.0 Å². The molecule has 0 aliphatic carbocycles. The van der Waals surface area contributed by atoms with Gasteiger partial charge in [-0.25, -0.2) is 15.0 Å². The predicted octanol–water partition coefficient (Wildman–Crippen LogP) is 2.29. The molecule has 2 atom stereocenters. The summed E-state index contributed by atoms with van der Waals surface area (Å²) in [6, 6.07) is 10.1. The summed E-state index contributed by atoms with van der Waals surface area (Å²) >= 11 is 0. The summed E-state index contributed by atoms with van der Waals surface area (Å²) in [7, 11) is 1.54. The molecule has 3 aromatic rings. The van der Waals surface area contributed by atoms with Crippen molar-refractivity contribution in [3.63, 3.8) is 0 Å². The van der Waals surface area contributed by atoms with Crippen molar-refractivity contribution in [1.82, 2.24) is 19.9 Å². The Kier molecular flexibility index (Phi) is 5.42. The van der Waals surface area contributed by atoms with Gasteiger partial charge in [0.2, 0.25) is 12.2 Å². The van der Waals surface area contributed by atoms with Crippen LogP contribution >= 0.6 is 0 Å². The first-order chi connectivity index (χ1) is 17.2. The number of hydrogen-bond acceptors (Lipinski definition) is 10. The molecule has 0 amide bonds. The van der Waals surface area contributed by atoms with Gasteiger partial charge in [0.25, 0.3) is 5.88 Å². The van der Waals surface area contributed by atoms with Gasteiger partial charge in [-0.3, -0.25) is 0 Å². The normalized spacial score (nSPS) is 20.2. The molecule has 2 unspecified atom stereocenters. The molecule has 3 aliphatic rings. The standard InChI is InChI=1S/C25H23N5O5/c1-32-24-27-11-17(12-28-24)15-4-5-19-16(9-15)6-8-30-20(19)10-22(29-25(30)31)33-13-18-14-34-23-21(35-18)3-2-7-26-23/h2-5,7,9-12,18,25,31H,6,8,13-14H2,1H3. The van der Waals surface area contributed by atoms with Crippen molar-refractivity contribution in [2.75, 3.05) is 26.9 Å². The molecular weight excluding hydrogens is 450 g/mol. The third-order valence-corrected chi connectivity index (χ3v) is 6.09. The molecule has 35 heavy (non-hydrogen) atoms. The number of aliphatic imine (C=N–C) groups is 1. The van der Waals surface area contributed by atoms with E-state index in [0.29, 0.717) is 36.7 Å². The molecule has 1 aromatic carbocycles. The molecule has 10 heteroatoms. The Balaban J connectivity index is 1.20. The number of aliphatic hydroxyl groups excluding tert-OH is 1. The van der Waals surface area contributed by atoms with E-state index in [1.165, 1.54) is 5.56 Å². The molecule has 0 fully saturated rings. The molecule has 0 saturated heterocycles. The number of methoxy groups -OCH3 is 1. The highest BCUT2D eigenvalue weighted by Gasteiger charge is 2.31. The van der Waals surface area contributed by atoms with Crippen molar-refractivity contribution in [1.29, 1.82) is 0 Å². The number of aliphatic hydroxyl groups is 1. The molecule has 1 N–H and O–H groups in total. The van der Waals surface area contributed by atoms with Crippen LogP contribution < -0.4 is 14.2 Å². The Morgan fingerprint density at radius 3 is 2.89 bits per heavy atom. The molecule has 6 rings (SSSR count). The third kappa shape index (κ3) is 4.12. The average Bonchev–Trinajstić information content (AvgIpc) is 2.91. The van der Waals surface area contributed by atoms with Crippen LogP contribution in [0.4, 0.5) is 0 Å². The maximum atomic E-state index is 10.7. The summed E-state index contributed by atoms with van der Waals surface area (Å²) in [5.41, 5.74) is 5.00. The molecule has 0 saturated carbocycles. The van der Waals surface area contributed by atoms with Crippen LogP contribution in [0.3, 0.4) is 0 Å². The minimum atomic E-state index is -1.01. The Bertz CT molecular complexity index is 1310. The highest BCUT2D eigenvalue weighted by molar-refractivity contribution is 5.97. The fourth-order valence-electron chi connectivity index (χ4n) is 4.35. The van der Waals surface area contributed by atoms with E-state index in [0.717, 1.165) is 28.8 Å². The highest BCUT2D eigenvalue weighted by Crippen LogP contribution is 2.35. The van der Waals surface area contributed by atoms with Gasteiger partial charge in [0.1, 0.15) is 13.2 Å². The molecule has 3 aliphatic heterocycles. The van der Waals surface area contributed by atoms with E-state index in [1.54, 1.807) is 31.8 Å². The summed E-state index contributed by atoms with van der Waals surface area (Å²) < 4.78 is 22.5. The van der Waals surface area contributed by atoms with E-state index in [4.69, 9.17) is 18.9 Å². The number of rotatable bonds is 4. The Morgan fingerprint density at radius 1 is 1.14 bits per heavy atom. The van der Waals surface area contributed by atoms with E-state index >= 15 is 0 Å². The summed E-state index contributed by atoms with van der Waals surface area (Å²) in [6.45, 7) is 1.19. The number of hydrogen-bond donors (Lipinski definition) is 1. The maximum Gasteiger partial charge on any atom is 0.316 e. The van der Waals surface area contributed by atoms with Crippen LogP contribution in [-0.2, 0) is 11.2 Å². The molecule has 0 spiro atoms. The maximum absolute atomic E-state index is 10.7. The minimum absolute atomic E-state index is 0.229. The first-order valence-electron chi connectivity index (χ1n) is 11.3. The van der Waals surface area contributed by atoms with Crippen LogP contribution in [-0.4, -0.2) is 70.2 Å². The van der Waals surface area contributed by atoms with Crippen LogP contribution in [0.1, 0.15) is 11.1 Å². The van der Waals surface area contributed by atoms with Gasteiger partial charge in [-0.15, -0.1) is 0 Å². The van der Waals surface area contributed by atoms with Gasteiger partial charge in [0.05, 0.1) is 12.8 Å². The van der Waals surface area contributed by atoms with Gasteiger partial charge >= 0.3 is 6.01 Å². The number of aromatic nitrogens is 3. The molecule has 178 valence electrons. The van der Waals surface area contributed by atoms with Gasteiger partial charge in [0.15, 0.2) is 11.9 Å². The zero-order chi connectivity index (χ0) is 23.8. The third-order valence-electron chi connectivity index (χ3n) is 6.09. The van der Waals surface area contributed by atoms with Crippen LogP contribution in [0, 0.1) is 0 Å². The van der Waals surface area contributed by atoms with E-state index in [2.05, 4.69) is 26.0 Å². The van der Waals surface area contributed by atoms with E-state index in [1.807, 2.05) is 29.2 Å². The second-order valence-electron chi connectivity index (χ2n) is 8.29. The average molecular weight is 473 g/mol. The van der Waals surface area contributed by atoms with Gasteiger partial charge in [-0.1, -0.05) is 18.2 Å². The second kappa shape index (κ2) is 8.88. The predicted molar refractivity (Wildman–Crippen MR) is 126 cm³/mol. The smallest absolute Gasteiger partial charge is 0.316 e. The monoisotopic (exact) mass is 473 g/mol. The zero-order valence-electron chi connectivity index (χ0n) is 19.0. The molecule has 0 bridgehead atoms. The lowest BCUT2D eigenvalue weighted by Crippen LogP contribution is -2.41. The van der Waals surface area contributed by atoms with Crippen molar-refractivity contribution in [3.05, 3.63) is 66.1 Å². The SMILES string of the molecule is COc1ncc(-c2ccc3c(c2)CCN2C3=CC(OCC3COc4ncccc4O3)=NC2O)cn1. The van der Waals surface area contributed by atoms with Crippen LogP contribution in [0.5, 0.6) is 17.6 Å². The summed E-state index contributed by atoms with van der Waals surface area (Å²) in [5, 5.41) is 10.7. The molecule has 2 aromatic heterocycles. The van der Waals surface area contributed by atoms with Gasteiger partial charge < -0.3 is 29.0 Å². The summed E-state index contributed by atoms with van der Waals surface area (Å²) in [5.74, 6) is 1.41. The number of ether oxygens (including phenoxy) is 4. The number of fused-ring (bicyclic) bond motifs is 4. The van der Waals surface area contributed by atoms with E-state index in [9.17, 15) is 5.11 Å². The van der Waals surface area contributed by atoms with Crippen molar-refractivity contribution in [2.45, 2.75) is 18.9 Å². The topological polar surface area (TPSA) is 111 Å². The lowest BCUT2D eigenvalue weighted by Gasteiger charge is -2.37. The second-order valence-corrected chi connectivity index (χ2v) is 8.29. The minimum Gasteiger partial charge on any atom is -0.478 e. The Morgan fingerprint density at radius 2 is 2.03 bits per heavy atom. The fourth-order valence-corrected chi connectivity index (χ4v) is 4.35. The highest BCUT2D eigenvalue weighted by atomic mass is 16.6. The van der Waals surface area contributed by atoms with Crippen LogP contribution in [0.2, 0.25) is 0 Å². The Labute approximate surface area is 201 Å². The zero-order valence-corrected chi connectivity index (χ0v) is 19.0. The fraction of sp³-hybridized carbons (Fsp3) is 0.280. The van der Waals surface area contributed by atoms with E-state index in [-0.39, 0.29) is 12.7 Å². The van der Waals surface area contributed by atoms with Gasteiger partial charge in [0, 0.05) is 42.3 Å². The van der Waals surface area contributed by atoms with Crippen LogP contribution in [0.25, 0.3) is 16.8 Å². The molecule has 0 radical (unpaired) electrons. The van der Waals surface area contributed by atoms with Gasteiger partial charge in [-0.2, -0.15) is 4.99 Å². The van der Waals surface area contributed by atoms with Crippen molar-refractivity contribution in [2.24, 2.45) is 4.99 Å². The largest absolute Gasteiger partial charge is 0.478 e. The summed E-state index contributed by atoms with van der Waals surface area (Å²) in [6.07, 6.45) is 6.47. The van der Waals surface area contributed by atoms with Crippen molar-refractivity contribution in [3.8, 4) is 28.8 Å². The van der Waals surface area contributed by atoms with Crippen molar-refractivity contribution >= 4 is 11.6 Å². The number of benzene rings is 1. The molecule has 10 nitrogen and oxygen atoms in total. The lowest BCUT2D eigenvalue weighted by molar-refractivity contribution is 0.0348. The first kappa shape index (κ1) is 21.4. The number of pyridine rings is 1. The molecule has 5 heterocycles. The van der Waals surface area contributed by atoms with E-state index < -0.39 is 6.35 Å². The lowest BCUT2D eigenvalue weighted by atomic mass is 9.92. The molecular formula is C25H23N5O5. The first-order valence-corrected chi connectivity index (χ1v) is 11.3. The quantitative estimate of drug-likeness (QED) is 0.610. The van der Waals surface area contributed by atoms with Gasteiger partial charge in [-0.05, 0) is 29.7 Å².